The molecule has 1 aromatic heterocycles. The zero-order valence-corrected chi connectivity index (χ0v) is 17.8. The van der Waals surface area contributed by atoms with Gasteiger partial charge in [0.15, 0.2) is 5.82 Å². The number of halogens is 2. The number of aromatic amines is 1. The van der Waals surface area contributed by atoms with E-state index in [1.807, 2.05) is 25.1 Å². The number of aromatic nitrogens is 2. The molecule has 1 aliphatic rings. The number of carbonyl (C=O) groups excluding carboxylic acids is 1. The van der Waals surface area contributed by atoms with Gasteiger partial charge in [0, 0.05) is 35.7 Å². The first-order chi connectivity index (χ1) is 15.0. The molecule has 9 heteroatoms. The van der Waals surface area contributed by atoms with Crippen molar-refractivity contribution < 1.29 is 13.9 Å². The number of guanidine groups is 1. The fourth-order valence-corrected chi connectivity index (χ4v) is 3.78. The van der Waals surface area contributed by atoms with Crippen molar-refractivity contribution in [3.05, 3.63) is 52.8 Å². The van der Waals surface area contributed by atoms with Gasteiger partial charge in [0.2, 0.25) is 11.9 Å². The van der Waals surface area contributed by atoms with Crippen LogP contribution in [0.1, 0.15) is 24.8 Å². The van der Waals surface area contributed by atoms with Crippen LogP contribution in [0.2, 0.25) is 5.02 Å². The van der Waals surface area contributed by atoms with E-state index in [9.17, 15) is 9.18 Å². The Kier molecular flexibility index (Phi) is 6.48. The molecule has 3 N–H and O–H groups in total. The number of anilines is 2. The number of amides is 1. The van der Waals surface area contributed by atoms with Crippen molar-refractivity contribution in [1.82, 2.24) is 10.2 Å². The summed E-state index contributed by atoms with van der Waals surface area (Å²) in [5.74, 6) is 0.114. The van der Waals surface area contributed by atoms with Crippen molar-refractivity contribution in [1.29, 1.82) is 0 Å². The van der Waals surface area contributed by atoms with Gasteiger partial charge in [-0.05, 0) is 61.6 Å². The molecule has 2 heterocycles. The Labute approximate surface area is 184 Å². The minimum atomic E-state index is -0.497. The van der Waals surface area contributed by atoms with Gasteiger partial charge in [-0.2, -0.15) is 10.1 Å². The summed E-state index contributed by atoms with van der Waals surface area (Å²) in [4.78, 5) is 16.9. The highest BCUT2D eigenvalue weighted by Crippen LogP contribution is 2.23. The first-order valence-electron chi connectivity index (χ1n) is 10.1. The molecule has 0 radical (unpaired) electrons. The zero-order valence-electron chi connectivity index (χ0n) is 17.0. The Hall–Kier alpha value is -2.97. The van der Waals surface area contributed by atoms with Gasteiger partial charge < -0.3 is 15.4 Å². The van der Waals surface area contributed by atoms with Gasteiger partial charge in [-0.15, -0.1) is 0 Å². The lowest BCUT2D eigenvalue weighted by molar-refractivity contribution is -0.119. The van der Waals surface area contributed by atoms with Crippen LogP contribution in [0.5, 0.6) is 0 Å². The topological polar surface area (TPSA) is 91.4 Å². The van der Waals surface area contributed by atoms with Crippen molar-refractivity contribution >= 4 is 45.9 Å². The normalized spacial score (nSPS) is 15.3. The number of ether oxygens (including phenoxy) is 1. The molecule has 0 saturated carbocycles. The second-order valence-corrected chi connectivity index (χ2v) is 8.08. The monoisotopic (exact) mass is 443 g/mol. The average Bonchev–Trinajstić information content (AvgIpc) is 3.09. The molecule has 0 aliphatic carbocycles. The number of nitrogens with one attached hydrogen (secondary N) is 3. The van der Waals surface area contributed by atoms with Gasteiger partial charge in [-0.3, -0.25) is 9.89 Å². The summed E-state index contributed by atoms with van der Waals surface area (Å²) in [6, 6.07) is 9.90. The summed E-state index contributed by atoms with van der Waals surface area (Å²) in [5, 5.41) is 14.3. The summed E-state index contributed by atoms with van der Waals surface area (Å²) < 4.78 is 19.1. The van der Waals surface area contributed by atoms with E-state index in [0.29, 0.717) is 31.1 Å². The van der Waals surface area contributed by atoms with Crippen LogP contribution in [0.25, 0.3) is 10.9 Å². The standard InChI is InChI=1S/C22H23ClFN5O2/c1-13-2-3-18-19(8-13)28-29-21(18)27-22(25-17-11-15(23)10-16(24)12-17)26-20(30)9-14-4-6-31-7-5-14/h2-3,8,10-12,14H,4-7,9H2,1H3,(H3,25,26,27,28,29,30). The van der Waals surface area contributed by atoms with Gasteiger partial charge >= 0.3 is 0 Å². The first-order valence-corrected chi connectivity index (χ1v) is 10.5. The van der Waals surface area contributed by atoms with Crippen LogP contribution in [-0.2, 0) is 9.53 Å². The third kappa shape index (κ3) is 5.59. The molecular weight excluding hydrogens is 421 g/mol. The number of aliphatic imine (C=N–C) groups is 1. The average molecular weight is 444 g/mol. The molecule has 0 unspecified atom stereocenters. The number of nitrogens with zero attached hydrogens (tertiary/aromatic N) is 2. The number of rotatable bonds is 4. The molecule has 162 valence electrons. The predicted octanol–water partition coefficient (Wildman–Crippen LogP) is 4.89. The molecule has 1 amide bonds. The lowest BCUT2D eigenvalue weighted by Crippen LogP contribution is -2.25. The number of benzene rings is 2. The number of fused-ring (bicyclic) bond motifs is 1. The Morgan fingerprint density at radius 3 is 2.84 bits per heavy atom. The van der Waals surface area contributed by atoms with Crippen LogP contribution >= 0.6 is 11.6 Å². The van der Waals surface area contributed by atoms with Crippen molar-refractivity contribution in [2.75, 3.05) is 23.8 Å². The highest BCUT2D eigenvalue weighted by Gasteiger charge is 2.18. The van der Waals surface area contributed by atoms with E-state index in [1.54, 1.807) is 6.07 Å². The fourth-order valence-electron chi connectivity index (χ4n) is 3.56. The molecule has 0 bridgehead atoms. The quantitative estimate of drug-likeness (QED) is 0.394. The maximum Gasteiger partial charge on any atom is 0.249 e. The summed E-state index contributed by atoms with van der Waals surface area (Å²) in [6.07, 6.45) is 1.99. The molecule has 0 atom stereocenters. The Morgan fingerprint density at radius 1 is 1.26 bits per heavy atom. The molecular formula is C22H23ClFN5O2. The molecule has 1 saturated heterocycles. The van der Waals surface area contributed by atoms with E-state index in [1.165, 1.54) is 12.1 Å². The molecule has 4 rings (SSSR count). The highest BCUT2D eigenvalue weighted by atomic mass is 35.5. The maximum atomic E-state index is 13.8. The van der Waals surface area contributed by atoms with Crippen LogP contribution in [0, 0.1) is 18.7 Å². The molecule has 7 nitrogen and oxygen atoms in total. The molecule has 2 aromatic carbocycles. The van der Waals surface area contributed by atoms with Crippen LogP contribution in [0.4, 0.5) is 15.9 Å². The van der Waals surface area contributed by atoms with Crippen molar-refractivity contribution in [2.45, 2.75) is 26.2 Å². The van der Waals surface area contributed by atoms with E-state index in [-0.39, 0.29) is 22.8 Å². The Balaban J connectivity index is 1.59. The van der Waals surface area contributed by atoms with Gasteiger partial charge in [0.1, 0.15) is 5.82 Å². The number of hydrogen-bond donors (Lipinski definition) is 3. The molecule has 1 aliphatic heterocycles. The van der Waals surface area contributed by atoms with E-state index in [0.717, 1.165) is 29.3 Å². The van der Waals surface area contributed by atoms with Crippen molar-refractivity contribution in [3.8, 4) is 0 Å². The molecule has 1 fully saturated rings. The van der Waals surface area contributed by atoms with Crippen LogP contribution < -0.4 is 10.6 Å². The third-order valence-electron chi connectivity index (χ3n) is 5.12. The number of H-pyrrole nitrogens is 1. The van der Waals surface area contributed by atoms with Gasteiger partial charge in [0.05, 0.1) is 5.52 Å². The van der Waals surface area contributed by atoms with Crippen LogP contribution in [0.3, 0.4) is 0 Å². The second kappa shape index (κ2) is 9.45. The lowest BCUT2D eigenvalue weighted by atomic mass is 9.96. The summed E-state index contributed by atoms with van der Waals surface area (Å²) >= 11 is 5.97. The number of carbonyl (C=O) groups is 1. The summed E-state index contributed by atoms with van der Waals surface area (Å²) in [7, 11) is 0. The first kappa shape index (κ1) is 21.3. The molecule has 3 aromatic rings. The van der Waals surface area contributed by atoms with Crippen LogP contribution in [0.15, 0.2) is 41.4 Å². The predicted molar refractivity (Wildman–Crippen MR) is 120 cm³/mol. The minimum Gasteiger partial charge on any atom is -0.381 e. The number of hydrogen-bond acceptors (Lipinski definition) is 3. The third-order valence-corrected chi connectivity index (χ3v) is 5.34. The van der Waals surface area contributed by atoms with Crippen LogP contribution in [-0.4, -0.2) is 35.3 Å². The van der Waals surface area contributed by atoms with Gasteiger partial charge in [-0.1, -0.05) is 17.7 Å². The van der Waals surface area contributed by atoms with E-state index in [4.69, 9.17) is 16.3 Å². The van der Waals surface area contributed by atoms with Crippen molar-refractivity contribution in [2.24, 2.45) is 10.9 Å². The Morgan fingerprint density at radius 2 is 2.06 bits per heavy atom. The summed E-state index contributed by atoms with van der Waals surface area (Å²) in [6.45, 7) is 3.31. The fraction of sp³-hybridized carbons (Fsp3) is 0.318. The van der Waals surface area contributed by atoms with E-state index in [2.05, 4.69) is 25.8 Å². The molecule has 31 heavy (non-hydrogen) atoms. The zero-order chi connectivity index (χ0) is 21.8. The SMILES string of the molecule is Cc1ccc2c(N/C(=N\C(=O)CC3CCOCC3)Nc3cc(F)cc(Cl)c3)n[nH]c2c1. The van der Waals surface area contributed by atoms with Gasteiger partial charge in [-0.25, -0.2) is 4.39 Å². The smallest absolute Gasteiger partial charge is 0.249 e. The highest BCUT2D eigenvalue weighted by molar-refractivity contribution is 6.31. The Bertz CT molecular complexity index is 1100. The largest absolute Gasteiger partial charge is 0.381 e. The molecule has 0 spiro atoms. The van der Waals surface area contributed by atoms with Crippen molar-refractivity contribution in [3.63, 3.8) is 0 Å². The summed E-state index contributed by atoms with van der Waals surface area (Å²) in [5.41, 5.74) is 2.31. The number of aryl methyl sites for hydroxylation is 1. The van der Waals surface area contributed by atoms with E-state index < -0.39 is 5.82 Å². The minimum absolute atomic E-state index is 0.146. The lowest BCUT2D eigenvalue weighted by Gasteiger charge is -2.20. The maximum absolute atomic E-state index is 13.8. The van der Waals surface area contributed by atoms with Gasteiger partial charge in [0.25, 0.3) is 0 Å². The second-order valence-electron chi connectivity index (χ2n) is 7.64. The van der Waals surface area contributed by atoms with E-state index >= 15 is 0 Å².